The highest BCUT2D eigenvalue weighted by Gasteiger charge is 2.44. The summed E-state index contributed by atoms with van der Waals surface area (Å²) in [7, 11) is 0. The van der Waals surface area contributed by atoms with Crippen LogP contribution in [-0.4, -0.2) is 26.9 Å². The van der Waals surface area contributed by atoms with Crippen LogP contribution in [0.1, 0.15) is 72.7 Å². The SMILES string of the molecule is CC(C)(O)c1ccccc1CC[C@@H](SCC1(CC(=O)O)CC1)c1cccc(/C=C/c2ccc3cc(F)c(Cl)cc3n2)c1. The Kier molecular flexibility index (Phi) is 9.07. The number of thioether (sulfide) groups is 1. The summed E-state index contributed by atoms with van der Waals surface area (Å²) >= 11 is 7.80. The van der Waals surface area contributed by atoms with Crippen molar-refractivity contribution in [1.29, 1.82) is 0 Å². The number of benzene rings is 3. The van der Waals surface area contributed by atoms with Crippen molar-refractivity contribution >= 4 is 52.4 Å². The zero-order valence-corrected chi connectivity index (χ0v) is 25.4. The lowest BCUT2D eigenvalue weighted by Crippen LogP contribution is -2.18. The first-order chi connectivity index (χ1) is 20.0. The number of carboxylic acids is 1. The normalized spacial score (nSPS) is 15.3. The molecule has 0 saturated heterocycles. The largest absolute Gasteiger partial charge is 0.481 e. The molecule has 1 heterocycles. The Labute approximate surface area is 255 Å². The Morgan fingerprint density at radius 2 is 1.88 bits per heavy atom. The van der Waals surface area contributed by atoms with E-state index in [9.17, 15) is 19.4 Å². The van der Waals surface area contributed by atoms with Crippen molar-refractivity contribution in [3.8, 4) is 0 Å². The van der Waals surface area contributed by atoms with Gasteiger partial charge >= 0.3 is 5.97 Å². The number of aliphatic hydroxyl groups is 1. The van der Waals surface area contributed by atoms with Gasteiger partial charge in [-0.3, -0.25) is 4.79 Å². The van der Waals surface area contributed by atoms with Crippen molar-refractivity contribution in [3.05, 3.63) is 112 Å². The standard InChI is InChI=1S/C35H35ClFNO3S/c1-34(2,41)28-9-4-3-7-24(28)12-15-32(42-22-35(16-17-35)21-33(39)40)26-8-5-6-23(18-26)10-13-27-14-11-25-19-30(37)29(36)20-31(25)38-27/h3-11,13-14,18-20,32,41H,12,15-17,21-22H2,1-2H3,(H,39,40)/b13-10+/t32-/m1/s1. The minimum Gasteiger partial charge on any atom is -0.481 e. The number of hydrogen-bond donors (Lipinski definition) is 2. The highest BCUT2D eigenvalue weighted by atomic mass is 35.5. The average molecular weight is 604 g/mol. The first-order valence-corrected chi connectivity index (χ1v) is 15.6. The fourth-order valence-electron chi connectivity index (χ4n) is 5.39. The summed E-state index contributed by atoms with van der Waals surface area (Å²) in [4.78, 5) is 16.1. The van der Waals surface area contributed by atoms with Crippen molar-refractivity contribution in [2.45, 2.75) is 56.8 Å². The maximum Gasteiger partial charge on any atom is 0.303 e. The minimum atomic E-state index is -0.931. The van der Waals surface area contributed by atoms with Crippen LogP contribution in [0.15, 0.2) is 72.8 Å². The summed E-state index contributed by atoms with van der Waals surface area (Å²) < 4.78 is 13.8. The number of hydrogen-bond acceptors (Lipinski definition) is 4. The molecule has 1 fully saturated rings. The van der Waals surface area contributed by atoms with Crippen molar-refractivity contribution in [1.82, 2.24) is 4.98 Å². The molecule has 4 nitrogen and oxygen atoms in total. The van der Waals surface area contributed by atoms with E-state index >= 15 is 0 Å². The van der Waals surface area contributed by atoms with Crippen LogP contribution in [0.25, 0.3) is 23.1 Å². The molecule has 0 aliphatic heterocycles. The van der Waals surface area contributed by atoms with Crippen LogP contribution in [-0.2, 0) is 16.8 Å². The van der Waals surface area contributed by atoms with E-state index in [1.807, 2.05) is 80.2 Å². The van der Waals surface area contributed by atoms with Crippen LogP contribution in [0.4, 0.5) is 4.39 Å². The molecule has 0 amide bonds. The fourth-order valence-corrected chi connectivity index (χ4v) is 7.11. The second-order valence-corrected chi connectivity index (χ2v) is 13.4. The van der Waals surface area contributed by atoms with Crippen molar-refractivity contribution < 1.29 is 19.4 Å². The summed E-state index contributed by atoms with van der Waals surface area (Å²) in [6.45, 7) is 3.63. The molecule has 218 valence electrons. The Balaban J connectivity index is 1.37. The van der Waals surface area contributed by atoms with Crippen LogP contribution < -0.4 is 0 Å². The van der Waals surface area contributed by atoms with Crippen molar-refractivity contribution in [2.75, 3.05) is 5.75 Å². The molecule has 0 radical (unpaired) electrons. The quantitative estimate of drug-likeness (QED) is 0.169. The van der Waals surface area contributed by atoms with E-state index < -0.39 is 17.4 Å². The number of halogens is 2. The van der Waals surface area contributed by atoms with Crippen LogP contribution in [0, 0.1) is 11.2 Å². The summed E-state index contributed by atoms with van der Waals surface area (Å²) in [5, 5.41) is 21.1. The molecule has 7 heteroatoms. The van der Waals surface area contributed by atoms with E-state index in [1.54, 1.807) is 6.07 Å². The maximum atomic E-state index is 13.8. The smallest absolute Gasteiger partial charge is 0.303 e. The third kappa shape index (κ3) is 7.60. The Morgan fingerprint density at radius 1 is 1.10 bits per heavy atom. The van der Waals surface area contributed by atoms with Gasteiger partial charge in [-0.1, -0.05) is 72.3 Å². The van der Waals surface area contributed by atoms with E-state index in [2.05, 4.69) is 23.2 Å². The van der Waals surface area contributed by atoms with Gasteiger partial charge in [-0.05, 0) is 91.5 Å². The number of carbonyl (C=O) groups is 1. The van der Waals surface area contributed by atoms with E-state index in [-0.39, 0.29) is 22.1 Å². The number of pyridine rings is 1. The van der Waals surface area contributed by atoms with Crippen LogP contribution in [0.2, 0.25) is 5.02 Å². The fraction of sp³-hybridized carbons (Fsp3) is 0.314. The average Bonchev–Trinajstić information content (AvgIpc) is 3.71. The molecule has 1 saturated carbocycles. The second kappa shape index (κ2) is 12.6. The third-order valence-electron chi connectivity index (χ3n) is 7.91. The lowest BCUT2D eigenvalue weighted by molar-refractivity contribution is -0.138. The molecule has 1 aliphatic rings. The molecule has 0 unspecified atom stereocenters. The number of aryl methyl sites for hydroxylation is 1. The molecule has 5 rings (SSSR count). The Morgan fingerprint density at radius 3 is 2.62 bits per heavy atom. The molecule has 4 aromatic rings. The van der Waals surface area contributed by atoms with Gasteiger partial charge in [-0.2, -0.15) is 11.8 Å². The summed E-state index contributed by atoms with van der Waals surface area (Å²) in [6.07, 6.45) is 7.74. The third-order valence-corrected chi connectivity index (χ3v) is 9.89. The monoisotopic (exact) mass is 603 g/mol. The first-order valence-electron chi connectivity index (χ1n) is 14.2. The van der Waals surface area contributed by atoms with E-state index in [1.165, 1.54) is 11.6 Å². The summed E-state index contributed by atoms with van der Waals surface area (Å²) in [5.74, 6) is -0.385. The van der Waals surface area contributed by atoms with Crippen molar-refractivity contribution in [2.24, 2.45) is 5.41 Å². The van der Waals surface area contributed by atoms with Crippen LogP contribution >= 0.6 is 23.4 Å². The number of aliphatic carboxylic acids is 1. The Hall–Kier alpha value is -3.19. The molecule has 0 spiro atoms. The highest BCUT2D eigenvalue weighted by molar-refractivity contribution is 7.99. The lowest BCUT2D eigenvalue weighted by Gasteiger charge is -2.24. The molecule has 0 bridgehead atoms. The van der Waals surface area contributed by atoms with Gasteiger partial charge in [0.1, 0.15) is 5.82 Å². The number of carboxylic acid groups (broad SMARTS) is 1. The van der Waals surface area contributed by atoms with Gasteiger partial charge in [-0.15, -0.1) is 0 Å². The molecule has 1 atom stereocenters. The zero-order chi connectivity index (χ0) is 29.9. The predicted octanol–water partition coefficient (Wildman–Crippen LogP) is 9.09. The number of nitrogens with zero attached hydrogens (tertiary/aromatic N) is 1. The predicted molar refractivity (Wildman–Crippen MR) is 171 cm³/mol. The van der Waals surface area contributed by atoms with Gasteiger partial charge in [0.2, 0.25) is 0 Å². The zero-order valence-electron chi connectivity index (χ0n) is 23.8. The van der Waals surface area contributed by atoms with Crippen molar-refractivity contribution in [3.63, 3.8) is 0 Å². The molecule has 3 aromatic carbocycles. The van der Waals surface area contributed by atoms with Gasteiger partial charge in [0.15, 0.2) is 0 Å². The molecule has 42 heavy (non-hydrogen) atoms. The number of rotatable bonds is 12. The lowest BCUT2D eigenvalue weighted by atomic mass is 9.90. The second-order valence-electron chi connectivity index (χ2n) is 11.8. The first kappa shape index (κ1) is 30.3. The topological polar surface area (TPSA) is 70.4 Å². The molecule has 1 aliphatic carbocycles. The molecular weight excluding hydrogens is 569 g/mol. The van der Waals surface area contributed by atoms with Crippen LogP contribution in [0.3, 0.4) is 0 Å². The van der Waals surface area contributed by atoms with E-state index in [4.69, 9.17) is 11.6 Å². The minimum absolute atomic E-state index is 0.0499. The van der Waals surface area contributed by atoms with Gasteiger partial charge in [0.25, 0.3) is 0 Å². The molecular formula is C35H35ClFNO3S. The van der Waals surface area contributed by atoms with Gasteiger partial charge in [-0.25, -0.2) is 9.37 Å². The van der Waals surface area contributed by atoms with E-state index in [0.29, 0.717) is 10.9 Å². The van der Waals surface area contributed by atoms with Gasteiger partial charge in [0, 0.05) is 16.4 Å². The Bertz CT molecular complexity index is 1630. The van der Waals surface area contributed by atoms with Gasteiger partial charge < -0.3 is 10.2 Å². The maximum absolute atomic E-state index is 13.8. The highest BCUT2D eigenvalue weighted by Crippen LogP contribution is 2.53. The summed E-state index contributed by atoms with van der Waals surface area (Å²) in [5.41, 5.74) is 4.61. The summed E-state index contributed by atoms with van der Waals surface area (Å²) in [6, 6.07) is 23.1. The molecule has 1 aromatic heterocycles. The van der Waals surface area contributed by atoms with Crippen LogP contribution in [0.5, 0.6) is 0 Å². The van der Waals surface area contributed by atoms with E-state index in [0.717, 1.165) is 53.8 Å². The number of fused-ring (bicyclic) bond motifs is 1. The number of aromatic nitrogens is 1. The van der Waals surface area contributed by atoms with Gasteiger partial charge in [0.05, 0.1) is 28.3 Å². The molecule has 2 N–H and O–H groups in total.